The first-order chi connectivity index (χ1) is 13.5. The Morgan fingerprint density at radius 3 is 2.79 bits per heavy atom. The maximum Gasteiger partial charge on any atom is 0.183 e. The summed E-state index contributed by atoms with van der Waals surface area (Å²) in [6.45, 7) is 7.47. The summed E-state index contributed by atoms with van der Waals surface area (Å²) < 4.78 is 1.25. The first-order valence-corrected chi connectivity index (χ1v) is 11.7. The van der Waals surface area contributed by atoms with Crippen LogP contribution in [0.1, 0.15) is 31.4 Å². The second-order valence-corrected chi connectivity index (χ2v) is 10.1. The Kier molecular flexibility index (Phi) is 5.80. The van der Waals surface area contributed by atoms with Crippen LogP contribution in [-0.4, -0.2) is 28.3 Å². The van der Waals surface area contributed by atoms with Crippen molar-refractivity contribution in [3.8, 4) is 0 Å². The highest BCUT2D eigenvalue weighted by molar-refractivity contribution is 8.01. The summed E-state index contributed by atoms with van der Waals surface area (Å²) in [4.78, 5) is 4.59. The monoisotopic (exact) mass is 412 g/mol. The molecule has 0 saturated carbocycles. The number of hydrogen-bond acceptors (Lipinski definition) is 6. The minimum absolute atomic E-state index is 0.0745. The second kappa shape index (κ2) is 8.31. The van der Waals surface area contributed by atoms with E-state index in [1.54, 1.807) is 11.3 Å². The molecule has 0 radical (unpaired) electrons. The minimum Gasteiger partial charge on any atom is -0.361 e. The van der Waals surface area contributed by atoms with Crippen molar-refractivity contribution in [1.82, 2.24) is 10.3 Å². The molecule has 1 unspecified atom stereocenters. The quantitative estimate of drug-likeness (QED) is 0.481. The molecule has 2 aromatic carbocycles. The van der Waals surface area contributed by atoms with Gasteiger partial charge in [-0.2, -0.15) is 0 Å². The zero-order valence-corrected chi connectivity index (χ0v) is 18.3. The molecular formula is C22H28N4S2. The molecule has 2 atom stereocenters. The molecule has 0 aliphatic carbocycles. The fourth-order valence-corrected chi connectivity index (χ4v) is 5.77. The van der Waals surface area contributed by atoms with Gasteiger partial charge < -0.3 is 10.6 Å². The van der Waals surface area contributed by atoms with Crippen molar-refractivity contribution in [2.75, 3.05) is 22.9 Å². The Morgan fingerprint density at radius 2 is 2.04 bits per heavy atom. The van der Waals surface area contributed by atoms with Crippen molar-refractivity contribution in [1.29, 1.82) is 0 Å². The van der Waals surface area contributed by atoms with Crippen LogP contribution in [0, 0.1) is 6.92 Å². The molecule has 1 fully saturated rings. The number of nitrogens with zero attached hydrogens (tertiary/aromatic N) is 1. The molecule has 1 aromatic heterocycles. The molecule has 4 rings (SSSR count). The Hall–Kier alpha value is -1.76. The average Bonchev–Trinajstić information content (AvgIpc) is 3.25. The molecule has 2 heterocycles. The fourth-order valence-electron chi connectivity index (χ4n) is 3.48. The lowest BCUT2D eigenvalue weighted by Crippen LogP contribution is -2.45. The third-order valence-corrected chi connectivity index (χ3v) is 7.46. The molecule has 148 valence electrons. The highest BCUT2D eigenvalue weighted by Crippen LogP contribution is 2.32. The molecular weight excluding hydrogens is 384 g/mol. The number of anilines is 2. The molecule has 1 aliphatic heterocycles. The Balaban J connectivity index is 1.29. The van der Waals surface area contributed by atoms with Crippen molar-refractivity contribution in [2.24, 2.45) is 0 Å². The lowest BCUT2D eigenvalue weighted by Gasteiger charge is -2.27. The zero-order valence-electron chi connectivity index (χ0n) is 16.7. The van der Waals surface area contributed by atoms with Crippen LogP contribution in [0.4, 0.5) is 10.8 Å². The van der Waals surface area contributed by atoms with Gasteiger partial charge in [-0.1, -0.05) is 36.5 Å². The Bertz CT molecular complexity index is 937. The number of nitrogens with one attached hydrogen (secondary N) is 3. The van der Waals surface area contributed by atoms with Crippen LogP contribution in [-0.2, 0) is 6.42 Å². The van der Waals surface area contributed by atoms with Crippen LogP contribution < -0.4 is 16.0 Å². The molecule has 4 nitrogen and oxygen atoms in total. The Morgan fingerprint density at radius 1 is 1.21 bits per heavy atom. The van der Waals surface area contributed by atoms with Gasteiger partial charge in [0, 0.05) is 24.0 Å². The summed E-state index contributed by atoms with van der Waals surface area (Å²) >= 11 is 3.68. The van der Waals surface area contributed by atoms with Crippen LogP contribution >= 0.6 is 23.1 Å². The van der Waals surface area contributed by atoms with E-state index in [0.29, 0.717) is 6.04 Å². The summed E-state index contributed by atoms with van der Waals surface area (Å²) in [6.07, 6.45) is 2.15. The maximum absolute atomic E-state index is 4.67. The standard InChI is InChI=1S/C22H28N4S2/c1-4-17-14-27-22(3,25-17)26-18-8-6-16(7-9-18)11-12-23-21-24-19-10-5-15(2)13-20(19)28-21/h5-10,13,17,25-26H,4,11-12,14H2,1-3H3,(H,23,24)/t17-,22?/m1/s1. The molecule has 6 heteroatoms. The predicted octanol–water partition coefficient (Wildman–Crippen LogP) is 5.46. The number of aryl methyl sites for hydroxylation is 1. The number of aromatic nitrogens is 1. The molecule has 0 bridgehead atoms. The topological polar surface area (TPSA) is 49.0 Å². The van der Waals surface area contributed by atoms with E-state index >= 15 is 0 Å². The van der Waals surface area contributed by atoms with Gasteiger partial charge in [0.15, 0.2) is 5.13 Å². The van der Waals surface area contributed by atoms with Crippen molar-refractivity contribution in [2.45, 2.75) is 44.6 Å². The van der Waals surface area contributed by atoms with E-state index < -0.39 is 0 Å². The van der Waals surface area contributed by atoms with Crippen LogP contribution in [0.5, 0.6) is 0 Å². The molecule has 0 spiro atoms. The summed E-state index contributed by atoms with van der Waals surface area (Å²) in [6, 6.07) is 15.8. The largest absolute Gasteiger partial charge is 0.361 e. The Labute approximate surface area is 175 Å². The number of thiazole rings is 1. The van der Waals surface area contributed by atoms with Gasteiger partial charge in [0.2, 0.25) is 0 Å². The summed E-state index contributed by atoms with van der Waals surface area (Å²) in [7, 11) is 0. The number of fused-ring (bicyclic) bond motifs is 1. The minimum atomic E-state index is -0.0745. The van der Waals surface area contributed by atoms with E-state index in [0.717, 1.165) is 35.1 Å². The van der Waals surface area contributed by atoms with Gasteiger partial charge in [0.1, 0.15) is 4.99 Å². The van der Waals surface area contributed by atoms with Crippen LogP contribution in [0.15, 0.2) is 42.5 Å². The SMILES string of the molecule is CC[C@@H]1CSC(C)(Nc2ccc(CCNc3nc4ccc(C)cc4s3)cc2)N1. The third kappa shape index (κ3) is 4.62. The lowest BCUT2D eigenvalue weighted by molar-refractivity contribution is 0.492. The van der Waals surface area contributed by atoms with E-state index in [9.17, 15) is 0 Å². The van der Waals surface area contributed by atoms with E-state index in [-0.39, 0.29) is 4.99 Å². The van der Waals surface area contributed by atoms with Crippen molar-refractivity contribution < 1.29 is 0 Å². The fraction of sp³-hybridized carbons (Fsp3) is 0.409. The van der Waals surface area contributed by atoms with Crippen molar-refractivity contribution >= 4 is 44.1 Å². The number of rotatable bonds is 7. The van der Waals surface area contributed by atoms with Crippen LogP contribution in [0.3, 0.4) is 0 Å². The normalized spacial score (nSPS) is 21.9. The summed E-state index contributed by atoms with van der Waals surface area (Å²) in [5.74, 6) is 1.16. The maximum atomic E-state index is 4.67. The van der Waals surface area contributed by atoms with E-state index in [1.165, 1.54) is 22.2 Å². The second-order valence-electron chi connectivity index (χ2n) is 7.58. The smallest absolute Gasteiger partial charge is 0.183 e. The van der Waals surface area contributed by atoms with Gasteiger partial charge in [0.25, 0.3) is 0 Å². The van der Waals surface area contributed by atoms with Crippen molar-refractivity contribution in [3.63, 3.8) is 0 Å². The third-order valence-electron chi connectivity index (χ3n) is 5.12. The van der Waals surface area contributed by atoms with Gasteiger partial charge in [0.05, 0.1) is 10.2 Å². The lowest BCUT2D eigenvalue weighted by atomic mass is 10.1. The molecule has 3 aromatic rings. The number of thioether (sulfide) groups is 1. The van der Waals surface area contributed by atoms with Gasteiger partial charge in [-0.15, -0.1) is 11.8 Å². The number of benzene rings is 2. The average molecular weight is 413 g/mol. The highest BCUT2D eigenvalue weighted by atomic mass is 32.2. The first kappa shape index (κ1) is 19.6. The van der Waals surface area contributed by atoms with Gasteiger partial charge in [-0.3, -0.25) is 5.32 Å². The molecule has 0 amide bonds. The number of hydrogen-bond donors (Lipinski definition) is 3. The molecule has 28 heavy (non-hydrogen) atoms. The summed E-state index contributed by atoms with van der Waals surface area (Å²) in [5.41, 5.74) is 4.85. The molecule has 1 aliphatic rings. The molecule has 1 saturated heterocycles. The first-order valence-electron chi connectivity index (χ1n) is 9.93. The van der Waals surface area contributed by atoms with E-state index in [2.05, 4.69) is 84.2 Å². The summed E-state index contributed by atoms with van der Waals surface area (Å²) in [5, 5.41) is 11.8. The zero-order chi connectivity index (χ0) is 19.6. The predicted molar refractivity (Wildman–Crippen MR) is 125 cm³/mol. The van der Waals surface area contributed by atoms with Gasteiger partial charge in [-0.25, -0.2) is 4.98 Å². The highest BCUT2D eigenvalue weighted by Gasteiger charge is 2.33. The van der Waals surface area contributed by atoms with Crippen LogP contribution in [0.2, 0.25) is 0 Å². The van der Waals surface area contributed by atoms with Crippen molar-refractivity contribution in [3.05, 3.63) is 53.6 Å². The van der Waals surface area contributed by atoms with Gasteiger partial charge >= 0.3 is 0 Å². The van der Waals surface area contributed by atoms with E-state index in [1.807, 2.05) is 11.8 Å². The van der Waals surface area contributed by atoms with Gasteiger partial charge in [-0.05, 0) is 62.1 Å². The van der Waals surface area contributed by atoms with E-state index in [4.69, 9.17) is 0 Å². The van der Waals surface area contributed by atoms with Crippen LogP contribution in [0.25, 0.3) is 10.2 Å². The molecule has 3 N–H and O–H groups in total.